The van der Waals surface area contributed by atoms with Crippen LogP contribution in [0.2, 0.25) is 0 Å². The molecule has 3 aromatic rings. The summed E-state index contributed by atoms with van der Waals surface area (Å²) in [5.74, 6) is -3.89. The van der Waals surface area contributed by atoms with E-state index in [4.69, 9.17) is 24.5 Å². The Morgan fingerprint density at radius 1 is 0.921 bits per heavy atom. The Morgan fingerprint density at radius 3 is 1.84 bits per heavy atom. The molecule has 1 heterocycles. The maximum absolute atomic E-state index is 13.4. The Kier molecular flexibility index (Phi) is 11.6. The van der Waals surface area contributed by atoms with E-state index in [0.717, 1.165) is 24.1 Å². The zero-order chi connectivity index (χ0) is 27.5. The van der Waals surface area contributed by atoms with Gasteiger partial charge in [0.05, 0.1) is 13.1 Å². The van der Waals surface area contributed by atoms with Crippen molar-refractivity contribution in [2.75, 3.05) is 19.7 Å². The van der Waals surface area contributed by atoms with Gasteiger partial charge < -0.3 is 24.6 Å². The van der Waals surface area contributed by atoms with E-state index in [1.54, 1.807) is 29.2 Å². The van der Waals surface area contributed by atoms with Gasteiger partial charge in [-0.3, -0.25) is 0 Å². The number of hydrogen-bond donors (Lipinski definition) is 2. The minimum atomic E-state index is -2.07. The minimum Gasteiger partial charge on any atom is -0.539 e. The lowest BCUT2D eigenvalue weighted by Gasteiger charge is -2.30. The van der Waals surface area contributed by atoms with Crippen molar-refractivity contribution in [3.63, 3.8) is 0 Å². The fourth-order valence-electron chi connectivity index (χ4n) is 4.45. The van der Waals surface area contributed by atoms with E-state index >= 15 is 0 Å². The third-order valence-corrected chi connectivity index (χ3v) is 7.23. The van der Waals surface area contributed by atoms with Crippen molar-refractivity contribution < 1.29 is 38.2 Å². The first-order valence-corrected chi connectivity index (χ1v) is 13.4. The fourth-order valence-corrected chi connectivity index (χ4v) is 4.81. The molecule has 1 aliphatic rings. The first-order chi connectivity index (χ1) is 18.2. The second-order valence-corrected chi connectivity index (χ2v) is 10.5. The summed E-state index contributed by atoms with van der Waals surface area (Å²) in [5.41, 5.74) is 3.17. The Morgan fingerprint density at radius 2 is 1.39 bits per heavy atom. The zero-order valence-corrected chi connectivity index (χ0v) is 22.9. The van der Waals surface area contributed by atoms with Gasteiger partial charge >= 0.3 is 5.97 Å². The van der Waals surface area contributed by atoms with Gasteiger partial charge in [0.15, 0.2) is 5.97 Å². The maximum Gasteiger partial charge on any atom is 0.351 e. The number of carbonyl (C=O) groups excluding carboxylic acids is 1. The number of nitrogens with one attached hydrogen (secondary N) is 1. The Balaban J connectivity index is 0.000000599. The number of carboxylic acids is 2. The predicted molar refractivity (Wildman–Crippen MR) is 144 cm³/mol. The molecule has 0 spiro atoms. The maximum atomic E-state index is 13.4. The van der Waals surface area contributed by atoms with Gasteiger partial charge in [0.2, 0.25) is 0 Å². The normalized spacial score (nSPS) is 16.9. The number of hydrogen-bond acceptors (Lipinski definition) is 4. The van der Waals surface area contributed by atoms with E-state index in [9.17, 15) is 8.78 Å². The lowest BCUT2D eigenvalue weighted by atomic mass is 9.93. The third-order valence-electron chi connectivity index (χ3n) is 6.51. The van der Waals surface area contributed by atoms with Crippen molar-refractivity contribution in [3.8, 4) is 0 Å². The van der Waals surface area contributed by atoms with Crippen LogP contribution >= 0.6 is 22.6 Å². The monoisotopic (exact) mass is 637 g/mol. The summed E-state index contributed by atoms with van der Waals surface area (Å²) < 4.78 is 34.3. The number of benzene rings is 3. The second kappa shape index (κ2) is 14.9. The molecule has 0 radical (unpaired) electrons. The number of halogens is 3. The standard InChI is InChI=1S/C27H28F2INO.C2H2O4/c28-24-7-3-22(4-8-24)27(23-5-9-25(29)10-6-23)32-18-15-20-13-16-31(17-14-20)19-21-1-11-26(30)12-2-21;3-1(4)2(5)6/h1-12,20,27H,13-19H2;(H,3,4)(H,5,6). The molecule has 202 valence electrons. The van der Waals surface area contributed by atoms with Crippen LogP contribution in [0, 0.1) is 21.1 Å². The van der Waals surface area contributed by atoms with Crippen molar-refractivity contribution in [2.24, 2.45) is 5.92 Å². The van der Waals surface area contributed by atoms with E-state index in [2.05, 4.69) is 46.9 Å². The molecule has 0 atom stereocenters. The molecule has 38 heavy (non-hydrogen) atoms. The highest BCUT2D eigenvalue weighted by atomic mass is 127. The number of carbonyl (C=O) groups is 2. The van der Waals surface area contributed by atoms with E-state index in [0.29, 0.717) is 12.5 Å². The quantitative estimate of drug-likeness (QED) is 0.292. The molecule has 6 nitrogen and oxygen atoms in total. The summed E-state index contributed by atoms with van der Waals surface area (Å²) in [6.07, 6.45) is 3.11. The Bertz CT molecular complexity index is 1110. The highest BCUT2D eigenvalue weighted by Gasteiger charge is 2.23. The molecule has 9 heteroatoms. The Hall–Kier alpha value is -2.89. The van der Waals surface area contributed by atoms with E-state index < -0.39 is 11.9 Å². The smallest absolute Gasteiger partial charge is 0.351 e. The molecule has 1 saturated heterocycles. The molecule has 1 fully saturated rings. The number of carboxylic acid groups (broad SMARTS) is 2. The molecule has 0 saturated carbocycles. The summed E-state index contributed by atoms with van der Waals surface area (Å²) in [4.78, 5) is 19.7. The number of quaternary nitrogens is 1. The molecule has 0 aliphatic carbocycles. The average molecular weight is 637 g/mol. The first kappa shape index (κ1) is 29.7. The summed E-state index contributed by atoms with van der Waals surface area (Å²) in [7, 11) is 0. The fraction of sp³-hybridized carbons (Fsp3) is 0.310. The van der Waals surface area contributed by atoms with E-state index in [1.165, 1.54) is 59.3 Å². The molecule has 0 unspecified atom stereocenters. The van der Waals surface area contributed by atoms with Crippen LogP contribution < -0.4 is 10.0 Å². The van der Waals surface area contributed by atoms with Crippen molar-refractivity contribution in [3.05, 3.63) is 105 Å². The highest BCUT2D eigenvalue weighted by molar-refractivity contribution is 14.1. The molecule has 0 bridgehead atoms. The lowest BCUT2D eigenvalue weighted by Crippen LogP contribution is -3.11. The van der Waals surface area contributed by atoms with Gasteiger partial charge in [0.1, 0.15) is 24.3 Å². The topological polar surface area (TPSA) is 91.1 Å². The van der Waals surface area contributed by atoms with Crippen LogP contribution in [0.5, 0.6) is 0 Å². The van der Waals surface area contributed by atoms with Crippen LogP contribution in [-0.4, -0.2) is 36.7 Å². The number of ether oxygens (including phenoxy) is 1. The zero-order valence-electron chi connectivity index (χ0n) is 20.7. The van der Waals surface area contributed by atoms with Crippen LogP contribution in [-0.2, 0) is 20.9 Å². The van der Waals surface area contributed by atoms with Crippen LogP contribution in [0.4, 0.5) is 8.78 Å². The van der Waals surface area contributed by atoms with Gasteiger partial charge in [-0.25, -0.2) is 13.6 Å². The van der Waals surface area contributed by atoms with Crippen molar-refractivity contribution in [2.45, 2.75) is 31.9 Å². The molecule has 0 aromatic heterocycles. The number of piperidine rings is 1. The van der Waals surface area contributed by atoms with E-state index in [1.807, 2.05) is 0 Å². The molecule has 2 N–H and O–H groups in total. The molecule has 3 aromatic carbocycles. The van der Waals surface area contributed by atoms with Crippen LogP contribution in [0.25, 0.3) is 0 Å². The number of likely N-dealkylation sites (tertiary alicyclic amines) is 1. The minimum absolute atomic E-state index is 0.272. The molecule has 0 amide bonds. The van der Waals surface area contributed by atoms with Gasteiger partial charge in [-0.2, -0.15) is 0 Å². The van der Waals surface area contributed by atoms with Gasteiger partial charge in [-0.05, 0) is 95.3 Å². The molecule has 4 rings (SSSR count). The number of aliphatic carboxylic acids is 2. The van der Waals surface area contributed by atoms with Crippen molar-refractivity contribution in [1.82, 2.24) is 0 Å². The van der Waals surface area contributed by atoms with Gasteiger partial charge in [-0.1, -0.05) is 36.4 Å². The molecular formula is C29H30F2INO5. The van der Waals surface area contributed by atoms with Crippen LogP contribution in [0.1, 0.15) is 42.1 Å². The number of rotatable bonds is 8. The third kappa shape index (κ3) is 9.77. The summed E-state index contributed by atoms with van der Waals surface area (Å²) in [5, 5.41) is 16.3. The molecular weight excluding hydrogens is 607 g/mol. The first-order valence-electron chi connectivity index (χ1n) is 12.4. The predicted octanol–water partition coefficient (Wildman–Crippen LogP) is 3.38. The highest BCUT2D eigenvalue weighted by Crippen LogP contribution is 2.28. The van der Waals surface area contributed by atoms with Crippen molar-refractivity contribution >= 4 is 34.5 Å². The summed E-state index contributed by atoms with van der Waals surface area (Å²) >= 11 is 2.35. The Labute approximate surface area is 234 Å². The summed E-state index contributed by atoms with van der Waals surface area (Å²) in [6.45, 7) is 4.11. The van der Waals surface area contributed by atoms with Gasteiger partial charge in [-0.15, -0.1) is 0 Å². The van der Waals surface area contributed by atoms with Crippen LogP contribution in [0.15, 0.2) is 72.8 Å². The van der Waals surface area contributed by atoms with E-state index in [-0.39, 0.29) is 17.7 Å². The second-order valence-electron chi connectivity index (χ2n) is 9.23. The molecule has 1 aliphatic heterocycles. The van der Waals surface area contributed by atoms with Gasteiger partial charge in [0, 0.05) is 15.7 Å². The average Bonchev–Trinajstić information content (AvgIpc) is 2.91. The van der Waals surface area contributed by atoms with Gasteiger partial charge in [0.25, 0.3) is 0 Å². The lowest BCUT2D eigenvalue weighted by molar-refractivity contribution is -0.919. The van der Waals surface area contributed by atoms with Crippen LogP contribution in [0.3, 0.4) is 0 Å². The van der Waals surface area contributed by atoms with Crippen molar-refractivity contribution in [1.29, 1.82) is 0 Å². The summed E-state index contributed by atoms with van der Waals surface area (Å²) in [6, 6.07) is 21.6. The largest absolute Gasteiger partial charge is 0.539 e. The SMILES string of the molecule is Fc1ccc(C(OCCC2CC[NH+](Cc3ccc(I)cc3)CC2)c2ccc(F)cc2)cc1.O=C([O-])C(=O)O.